The van der Waals surface area contributed by atoms with Gasteiger partial charge in [-0.1, -0.05) is 0 Å². The fraction of sp³-hybridized carbons (Fsp3) is 0.300. The molecule has 0 heterocycles. The summed E-state index contributed by atoms with van der Waals surface area (Å²) < 4.78 is 15.0. The van der Waals surface area contributed by atoms with Crippen LogP contribution >= 0.6 is 0 Å². The lowest BCUT2D eigenvalue weighted by atomic mass is 10.2. The monoisotopic (exact) mass is 193 g/mol. The second-order valence-corrected chi connectivity index (χ2v) is 2.54. The summed E-state index contributed by atoms with van der Waals surface area (Å²) in [4.78, 5) is 0. The maximum atomic E-state index is 8.90. The highest BCUT2D eigenvalue weighted by molar-refractivity contribution is 5.59. The highest BCUT2D eigenvalue weighted by Crippen LogP contribution is 2.30. The number of ether oxygens (including phenoxy) is 3. The average Bonchev–Trinajstić information content (AvgIpc) is 2.55. The van der Waals surface area contributed by atoms with E-state index in [2.05, 4.69) is 0 Å². The second-order valence-electron chi connectivity index (χ2n) is 2.54. The molecule has 1 aliphatic carbocycles. The predicted molar refractivity (Wildman–Crippen MR) is 49.8 cm³/mol. The lowest BCUT2D eigenvalue weighted by Gasteiger charge is -2.04. The van der Waals surface area contributed by atoms with Crippen molar-refractivity contribution in [2.75, 3.05) is 21.3 Å². The van der Waals surface area contributed by atoms with Gasteiger partial charge in [-0.25, -0.2) is 0 Å². The number of nitriles is 1. The molecule has 0 fully saturated rings. The van der Waals surface area contributed by atoms with Crippen molar-refractivity contribution in [2.24, 2.45) is 0 Å². The fourth-order valence-electron chi connectivity index (χ4n) is 1.22. The molecule has 4 nitrogen and oxygen atoms in total. The van der Waals surface area contributed by atoms with Gasteiger partial charge < -0.3 is 14.2 Å². The van der Waals surface area contributed by atoms with Gasteiger partial charge in [0, 0.05) is 5.57 Å². The van der Waals surface area contributed by atoms with Crippen molar-refractivity contribution in [3.8, 4) is 6.07 Å². The number of rotatable bonds is 3. The van der Waals surface area contributed by atoms with Gasteiger partial charge in [0.05, 0.1) is 27.6 Å². The van der Waals surface area contributed by atoms with Crippen molar-refractivity contribution in [2.45, 2.75) is 0 Å². The van der Waals surface area contributed by atoms with E-state index in [0.717, 1.165) is 0 Å². The van der Waals surface area contributed by atoms with Gasteiger partial charge >= 0.3 is 0 Å². The van der Waals surface area contributed by atoms with E-state index in [4.69, 9.17) is 19.5 Å². The average molecular weight is 193 g/mol. The fourth-order valence-corrected chi connectivity index (χ4v) is 1.22. The van der Waals surface area contributed by atoms with Crippen LogP contribution in [0.4, 0.5) is 0 Å². The van der Waals surface area contributed by atoms with Crippen LogP contribution in [0.15, 0.2) is 35.0 Å². The zero-order chi connectivity index (χ0) is 10.6. The van der Waals surface area contributed by atoms with Crippen LogP contribution in [-0.4, -0.2) is 21.3 Å². The van der Waals surface area contributed by atoms with Crippen LogP contribution in [0, 0.1) is 11.3 Å². The van der Waals surface area contributed by atoms with Gasteiger partial charge in [-0.2, -0.15) is 5.26 Å². The Hall–Kier alpha value is -1.89. The van der Waals surface area contributed by atoms with E-state index in [1.165, 1.54) is 27.6 Å². The van der Waals surface area contributed by atoms with E-state index in [-0.39, 0.29) is 0 Å². The number of nitrogens with zero attached hydrogens (tertiary/aromatic N) is 1. The summed E-state index contributed by atoms with van der Waals surface area (Å²) in [5, 5.41) is 8.90. The normalized spacial score (nSPS) is 17.9. The van der Waals surface area contributed by atoms with Gasteiger partial charge in [-0.15, -0.1) is 0 Å². The Kier molecular flexibility index (Phi) is 3.19. The topological polar surface area (TPSA) is 51.5 Å². The molecule has 0 saturated heterocycles. The molecule has 0 atom stereocenters. The van der Waals surface area contributed by atoms with Crippen molar-refractivity contribution < 1.29 is 14.2 Å². The van der Waals surface area contributed by atoms with Crippen molar-refractivity contribution >= 4 is 0 Å². The lowest BCUT2D eigenvalue weighted by molar-refractivity contribution is 0.222. The highest BCUT2D eigenvalue weighted by atomic mass is 16.5. The molecule has 0 bridgehead atoms. The molecule has 1 aliphatic rings. The zero-order valence-corrected chi connectivity index (χ0v) is 8.33. The van der Waals surface area contributed by atoms with Crippen LogP contribution in [0.1, 0.15) is 0 Å². The van der Waals surface area contributed by atoms with E-state index < -0.39 is 0 Å². The molecule has 74 valence electrons. The molecule has 0 aromatic carbocycles. The Morgan fingerprint density at radius 2 is 2.00 bits per heavy atom. The summed E-state index contributed by atoms with van der Waals surface area (Å²) >= 11 is 0. The standard InChI is InChI=1S/C10H11NO3/c1-12-6-7-4-9(13-2)10(14-3)8(7)5-11/h4,6H,1-3H3/b7-6-. The molecule has 0 aromatic rings. The first kappa shape index (κ1) is 10.2. The Labute approximate surface area is 82.7 Å². The molecule has 0 amide bonds. The van der Waals surface area contributed by atoms with Gasteiger partial charge in [0.25, 0.3) is 0 Å². The van der Waals surface area contributed by atoms with Crippen LogP contribution in [0.5, 0.6) is 0 Å². The Balaban J connectivity index is 3.17. The molecule has 0 N–H and O–H groups in total. The molecule has 0 aliphatic heterocycles. The number of allylic oxidation sites excluding steroid dienone is 3. The molecule has 0 spiro atoms. The van der Waals surface area contributed by atoms with Crippen molar-refractivity contribution in [3.63, 3.8) is 0 Å². The molecular weight excluding hydrogens is 182 g/mol. The summed E-state index contributed by atoms with van der Waals surface area (Å²) in [6, 6.07) is 2.04. The smallest absolute Gasteiger partial charge is 0.179 e. The maximum Gasteiger partial charge on any atom is 0.179 e. The van der Waals surface area contributed by atoms with E-state index in [9.17, 15) is 0 Å². The van der Waals surface area contributed by atoms with Gasteiger partial charge in [-0.3, -0.25) is 0 Å². The predicted octanol–water partition coefficient (Wildman–Crippen LogP) is 1.48. The van der Waals surface area contributed by atoms with Crippen LogP contribution in [0.25, 0.3) is 0 Å². The summed E-state index contributed by atoms with van der Waals surface area (Å²) in [6.07, 6.45) is 3.17. The molecule has 0 unspecified atom stereocenters. The Bertz CT molecular complexity index is 358. The first-order valence-corrected chi connectivity index (χ1v) is 3.96. The third-order valence-corrected chi connectivity index (χ3v) is 1.81. The van der Waals surface area contributed by atoms with Crippen LogP contribution in [0.3, 0.4) is 0 Å². The van der Waals surface area contributed by atoms with E-state index >= 15 is 0 Å². The number of hydrogen-bond acceptors (Lipinski definition) is 4. The van der Waals surface area contributed by atoms with E-state index in [0.29, 0.717) is 22.7 Å². The minimum absolute atomic E-state index is 0.422. The van der Waals surface area contributed by atoms with Crippen molar-refractivity contribution in [3.05, 3.63) is 35.0 Å². The highest BCUT2D eigenvalue weighted by Gasteiger charge is 2.23. The Morgan fingerprint density at radius 3 is 2.43 bits per heavy atom. The number of hydrogen-bond donors (Lipinski definition) is 0. The van der Waals surface area contributed by atoms with Crippen LogP contribution in [0.2, 0.25) is 0 Å². The minimum Gasteiger partial charge on any atom is -0.504 e. The van der Waals surface area contributed by atoms with Gasteiger partial charge in [0.1, 0.15) is 11.6 Å². The molecule has 4 heteroatoms. The SMILES string of the molecule is CO/C=C1/C=C(OC)C(OC)=C1C#N. The molecule has 14 heavy (non-hydrogen) atoms. The summed E-state index contributed by atoms with van der Waals surface area (Å²) in [6.45, 7) is 0. The third kappa shape index (κ3) is 1.57. The zero-order valence-electron chi connectivity index (χ0n) is 8.33. The quantitative estimate of drug-likeness (QED) is 0.637. The molecule has 1 rings (SSSR count). The van der Waals surface area contributed by atoms with Crippen LogP contribution < -0.4 is 0 Å². The largest absolute Gasteiger partial charge is 0.504 e. The van der Waals surface area contributed by atoms with Gasteiger partial charge in [-0.05, 0) is 6.08 Å². The van der Waals surface area contributed by atoms with Crippen molar-refractivity contribution in [1.82, 2.24) is 0 Å². The first-order chi connectivity index (χ1) is 6.78. The summed E-state index contributed by atoms with van der Waals surface area (Å²) in [7, 11) is 4.54. The number of methoxy groups -OCH3 is 3. The van der Waals surface area contributed by atoms with Crippen molar-refractivity contribution in [1.29, 1.82) is 5.26 Å². The molecule has 0 saturated carbocycles. The van der Waals surface area contributed by atoms with E-state index in [1.54, 1.807) is 6.08 Å². The van der Waals surface area contributed by atoms with Gasteiger partial charge in [0.15, 0.2) is 11.5 Å². The summed E-state index contributed by atoms with van der Waals surface area (Å²) in [5.41, 5.74) is 1.08. The summed E-state index contributed by atoms with van der Waals surface area (Å²) in [5.74, 6) is 0.977. The van der Waals surface area contributed by atoms with Crippen LogP contribution in [-0.2, 0) is 14.2 Å². The molecule has 0 radical (unpaired) electrons. The maximum absolute atomic E-state index is 8.90. The van der Waals surface area contributed by atoms with E-state index in [1.807, 2.05) is 6.07 Å². The second kappa shape index (κ2) is 4.38. The lowest BCUT2D eigenvalue weighted by Crippen LogP contribution is -1.93. The molecule has 0 aromatic heterocycles. The molecular formula is C10H11NO3. The van der Waals surface area contributed by atoms with Gasteiger partial charge in [0.2, 0.25) is 0 Å². The Morgan fingerprint density at radius 1 is 1.29 bits per heavy atom. The third-order valence-electron chi connectivity index (χ3n) is 1.81. The first-order valence-electron chi connectivity index (χ1n) is 3.96. The minimum atomic E-state index is 0.422.